The highest BCUT2D eigenvalue weighted by Crippen LogP contribution is 2.41. The van der Waals surface area contributed by atoms with Crippen LogP contribution >= 0.6 is 0 Å². The highest BCUT2D eigenvalue weighted by molar-refractivity contribution is 5.75. The van der Waals surface area contributed by atoms with Crippen LogP contribution in [0.3, 0.4) is 0 Å². The first-order valence-corrected chi connectivity index (χ1v) is 9.64. The molecule has 1 saturated carbocycles. The Labute approximate surface area is 155 Å². The predicted octanol–water partition coefficient (Wildman–Crippen LogP) is 3.59. The monoisotopic (exact) mass is 349 g/mol. The van der Waals surface area contributed by atoms with Crippen LogP contribution < -0.4 is 5.32 Å². The molecule has 4 nitrogen and oxygen atoms in total. The van der Waals surface area contributed by atoms with E-state index in [1.807, 2.05) is 11.0 Å². The molecule has 1 aliphatic carbocycles. The summed E-state index contributed by atoms with van der Waals surface area (Å²) in [4.78, 5) is 17.2. The second-order valence-corrected chi connectivity index (χ2v) is 7.48. The van der Waals surface area contributed by atoms with Gasteiger partial charge in [-0.3, -0.25) is 4.90 Å². The molecule has 0 spiro atoms. The molecule has 2 fully saturated rings. The number of amides is 2. The van der Waals surface area contributed by atoms with Gasteiger partial charge in [0.15, 0.2) is 0 Å². The first-order chi connectivity index (χ1) is 12.8. The second kappa shape index (κ2) is 7.50. The molecule has 26 heavy (non-hydrogen) atoms. The molecule has 2 amide bonds. The summed E-state index contributed by atoms with van der Waals surface area (Å²) in [6.07, 6.45) is 3.26. The zero-order valence-corrected chi connectivity index (χ0v) is 15.2. The minimum absolute atomic E-state index is 0.0907. The van der Waals surface area contributed by atoms with E-state index >= 15 is 0 Å². The van der Waals surface area contributed by atoms with E-state index in [-0.39, 0.29) is 11.6 Å². The molecule has 0 radical (unpaired) electrons. The van der Waals surface area contributed by atoms with Gasteiger partial charge in [0.1, 0.15) is 0 Å². The molecule has 0 aromatic heterocycles. The Morgan fingerprint density at radius 1 is 0.885 bits per heavy atom. The highest BCUT2D eigenvalue weighted by Gasteiger charge is 2.41. The predicted molar refractivity (Wildman–Crippen MR) is 104 cm³/mol. The van der Waals surface area contributed by atoms with Crippen LogP contribution in [0.1, 0.15) is 30.4 Å². The van der Waals surface area contributed by atoms with Crippen LogP contribution in [0.4, 0.5) is 4.79 Å². The molecular formula is C22H27N3O. The molecule has 4 heteroatoms. The van der Waals surface area contributed by atoms with Crippen molar-refractivity contribution in [2.24, 2.45) is 0 Å². The van der Waals surface area contributed by atoms with Crippen molar-refractivity contribution in [2.75, 3.05) is 26.2 Å². The summed E-state index contributed by atoms with van der Waals surface area (Å²) in [5.41, 5.74) is 2.42. The molecule has 4 rings (SSSR count). The number of nitrogens with zero attached hydrogens (tertiary/aromatic N) is 2. The zero-order valence-electron chi connectivity index (χ0n) is 15.2. The molecule has 1 saturated heterocycles. The van der Waals surface area contributed by atoms with Crippen LogP contribution in [0.2, 0.25) is 0 Å². The fourth-order valence-corrected chi connectivity index (χ4v) is 4.01. The SMILES string of the molecule is O=C(NC1(c2ccccc2)CCC1)N1CCN(Cc2ccccc2)CC1. The van der Waals surface area contributed by atoms with Crippen molar-refractivity contribution < 1.29 is 4.79 Å². The first kappa shape index (κ1) is 17.1. The number of hydrogen-bond donors (Lipinski definition) is 1. The van der Waals surface area contributed by atoms with Crippen molar-refractivity contribution >= 4 is 6.03 Å². The highest BCUT2D eigenvalue weighted by atomic mass is 16.2. The lowest BCUT2D eigenvalue weighted by Gasteiger charge is -2.45. The van der Waals surface area contributed by atoms with Crippen LogP contribution in [0.5, 0.6) is 0 Å². The molecule has 1 N–H and O–H groups in total. The Kier molecular flexibility index (Phi) is 4.93. The molecule has 0 unspecified atom stereocenters. The number of rotatable bonds is 4. The van der Waals surface area contributed by atoms with Gasteiger partial charge in [-0.1, -0.05) is 60.7 Å². The Bertz CT molecular complexity index is 720. The Morgan fingerprint density at radius 3 is 2.08 bits per heavy atom. The average molecular weight is 349 g/mol. The summed E-state index contributed by atoms with van der Waals surface area (Å²) in [5.74, 6) is 0. The van der Waals surface area contributed by atoms with Gasteiger partial charge in [0.2, 0.25) is 0 Å². The standard InChI is InChI=1S/C22H27N3O/c26-21(23-22(12-7-13-22)20-10-5-2-6-11-20)25-16-14-24(15-17-25)18-19-8-3-1-4-9-19/h1-6,8-11H,7,12-18H2,(H,23,26). The number of carbonyl (C=O) groups is 1. The van der Waals surface area contributed by atoms with Crippen LogP contribution in [-0.2, 0) is 12.1 Å². The fraction of sp³-hybridized carbons (Fsp3) is 0.409. The quantitative estimate of drug-likeness (QED) is 0.915. The third-order valence-corrected chi connectivity index (χ3v) is 5.79. The van der Waals surface area contributed by atoms with Gasteiger partial charge in [-0.05, 0) is 30.4 Å². The topological polar surface area (TPSA) is 35.6 Å². The lowest BCUT2D eigenvalue weighted by Crippen LogP contribution is -2.58. The molecular weight excluding hydrogens is 322 g/mol. The fourth-order valence-electron chi connectivity index (χ4n) is 4.01. The molecule has 2 aromatic carbocycles. The van der Waals surface area contributed by atoms with E-state index in [0.717, 1.165) is 45.6 Å². The number of benzene rings is 2. The van der Waals surface area contributed by atoms with Crippen LogP contribution in [0, 0.1) is 0 Å². The minimum atomic E-state index is -0.153. The zero-order chi connectivity index (χ0) is 17.8. The number of piperazine rings is 1. The Balaban J connectivity index is 1.32. The van der Waals surface area contributed by atoms with Gasteiger partial charge < -0.3 is 10.2 Å². The largest absolute Gasteiger partial charge is 0.328 e. The second-order valence-electron chi connectivity index (χ2n) is 7.48. The van der Waals surface area contributed by atoms with E-state index in [1.54, 1.807) is 0 Å². The van der Waals surface area contributed by atoms with Crippen molar-refractivity contribution in [1.82, 2.24) is 15.1 Å². The smallest absolute Gasteiger partial charge is 0.318 e. The molecule has 136 valence electrons. The van der Waals surface area contributed by atoms with Crippen molar-refractivity contribution in [2.45, 2.75) is 31.3 Å². The van der Waals surface area contributed by atoms with Crippen LogP contribution in [-0.4, -0.2) is 42.0 Å². The Hall–Kier alpha value is -2.33. The summed E-state index contributed by atoms with van der Waals surface area (Å²) in [6, 6.07) is 21.1. The Morgan fingerprint density at radius 2 is 1.50 bits per heavy atom. The van der Waals surface area contributed by atoms with Crippen LogP contribution in [0.15, 0.2) is 60.7 Å². The summed E-state index contributed by atoms with van der Waals surface area (Å²) in [5, 5.41) is 3.35. The first-order valence-electron chi connectivity index (χ1n) is 9.64. The van der Waals surface area contributed by atoms with E-state index in [4.69, 9.17) is 0 Å². The maximum absolute atomic E-state index is 12.8. The van der Waals surface area contributed by atoms with Crippen molar-refractivity contribution in [3.63, 3.8) is 0 Å². The lowest BCUT2D eigenvalue weighted by atomic mass is 9.72. The molecule has 0 bridgehead atoms. The average Bonchev–Trinajstić information content (AvgIpc) is 2.67. The van der Waals surface area contributed by atoms with Gasteiger partial charge in [0.05, 0.1) is 5.54 Å². The van der Waals surface area contributed by atoms with Gasteiger partial charge in [0.25, 0.3) is 0 Å². The van der Waals surface area contributed by atoms with Gasteiger partial charge in [-0.15, -0.1) is 0 Å². The molecule has 2 aliphatic rings. The van der Waals surface area contributed by atoms with E-state index in [2.05, 4.69) is 64.8 Å². The summed E-state index contributed by atoms with van der Waals surface area (Å²) >= 11 is 0. The van der Waals surface area contributed by atoms with Crippen molar-refractivity contribution in [3.05, 3.63) is 71.8 Å². The third kappa shape index (κ3) is 3.61. The van der Waals surface area contributed by atoms with Gasteiger partial charge >= 0.3 is 6.03 Å². The van der Waals surface area contributed by atoms with Crippen molar-refractivity contribution in [3.8, 4) is 0 Å². The molecule has 0 atom stereocenters. The number of urea groups is 1. The maximum atomic E-state index is 12.8. The van der Waals surface area contributed by atoms with E-state index in [1.165, 1.54) is 17.5 Å². The normalized spacial score (nSPS) is 19.6. The van der Waals surface area contributed by atoms with Crippen molar-refractivity contribution in [1.29, 1.82) is 0 Å². The maximum Gasteiger partial charge on any atom is 0.318 e. The lowest BCUT2D eigenvalue weighted by molar-refractivity contribution is 0.115. The third-order valence-electron chi connectivity index (χ3n) is 5.79. The molecule has 1 heterocycles. The minimum Gasteiger partial charge on any atom is -0.328 e. The van der Waals surface area contributed by atoms with E-state index < -0.39 is 0 Å². The van der Waals surface area contributed by atoms with Gasteiger partial charge in [-0.2, -0.15) is 0 Å². The van der Waals surface area contributed by atoms with Gasteiger partial charge in [-0.25, -0.2) is 4.79 Å². The van der Waals surface area contributed by atoms with E-state index in [0.29, 0.717) is 0 Å². The number of nitrogens with one attached hydrogen (secondary N) is 1. The van der Waals surface area contributed by atoms with Gasteiger partial charge in [0, 0.05) is 32.7 Å². The molecule has 2 aromatic rings. The van der Waals surface area contributed by atoms with E-state index in [9.17, 15) is 4.79 Å². The molecule has 1 aliphatic heterocycles. The van der Waals surface area contributed by atoms with Crippen LogP contribution in [0.25, 0.3) is 0 Å². The summed E-state index contributed by atoms with van der Waals surface area (Å²) < 4.78 is 0. The summed E-state index contributed by atoms with van der Waals surface area (Å²) in [6.45, 7) is 4.42. The summed E-state index contributed by atoms with van der Waals surface area (Å²) in [7, 11) is 0. The number of hydrogen-bond acceptors (Lipinski definition) is 2. The number of carbonyl (C=O) groups excluding carboxylic acids is 1.